The molecule has 2 aliphatic rings. The molecule has 2 heterocycles. The van der Waals surface area contributed by atoms with Gasteiger partial charge in [-0.1, -0.05) is 6.42 Å². The van der Waals surface area contributed by atoms with E-state index in [0.29, 0.717) is 32.1 Å². The van der Waals surface area contributed by atoms with Crippen molar-refractivity contribution in [3.8, 4) is 0 Å². The van der Waals surface area contributed by atoms with Gasteiger partial charge in [-0.2, -0.15) is 17.0 Å². The van der Waals surface area contributed by atoms with Crippen molar-refractivity contribution in [1.82, 2.24) is 8.61 Å². The first kappa shape index (κ1) is 14.5. The third kappa shape index (κ3) is 2.99. The van der Waals surface area contributed by atoms with Crippen LogP contribution in [0.25, 0.3) is 0 Å². The molecule has 2 unspecified atom stereocenters. The molecule has 0 amide bonds. The summed E-state index contributed by atoms with van der Waals surface area (Å²) in [4.78, 5) is 0. The second kappa shape index (κ2) is 6.05. The molecule has 7 heteroatoms. The fourth-order valence-electron chi connectivity index (χ4n) is 2.58. The van der Waals surface area contributed by atoms with Gasteiger partial charge in [-0.05, 0) is 19.8 Å². The topological polar surface area (TPSA) is 49.9 Å². The Balaban J connectivity index is 2.13. The summed E-state index contributed by atoms with van der Waals surface area (Å²) in [5, 5.41) is 0. The van der Waals surface area contributed by atoms with E-state index in [-0.39, 0.29) is 12.1 Å². The molecule has 0 aromatic rings. The van der Waals surface area contributed by atoms with Crippen molar-refractivity contribution in [2.75, 3.05) is 32.1 Å². The molecule has 2 fully saturated rings. The van der Waals surface area contributed by atoms with Gasteiger partial charge in [0.15, 0.2) is 0 Å². The van der Waals surface area contributed by atoms with E-state index >= 15 is 0 Å². The minimum absolute atomic E-state index is 0.0345. The van der Waals surface area contributed by atoms with Gasteiger partial charge in [0.1, 0.15) is 0 Å². The Morgan fingerprint density at radius 1 is 1.33 bits per heavy atom. The van der Waals surface area contributed by atoms with Gasteiger partial charge in [0.2, 0.25) is 0 Å². The molecule has 2 rings (SSSR count). The number of rotatable bonds is 3. The van der Waals surface area contributed by atoms with Gasteiger partial charge in [0.05, 0.1) is 12.7 Å². The van der Waals surface area contributed by atoms with Crippen LogP contribution in [0.4, 0.5) is 0 Å². The zero-order valence-corrected chi connectivity index (χ0v) is 12.3. The average Bonchev–Trinajstić information content (AvgIpc) is 2.38. The third-order valence-electron chi connectivity index (χ3n) is 3.58. The van der Waals surface area contributed by atoms with Gasteiger partial charge < -0.3 is 4.74 Å². The Morgan fingerprint density at radius 3 is 2.78 bits per heavy atom. The van der Waals surface area contributed by atoms with Gasteiger partial charge in [-0.25, -0.2) is 0 Å². The van der Waals surface area contributed by atoms with Gasteiger partial charge in [-0.15, -0.1) is 11.6 Å². The molecule has 0 aromatic carbocycles. The summed E-state index contributed by atoms with van der Waals surface area (Å²) >= 11 is 5.90. The zero-order chi connectivity index (χ0) is 13.2. The first-order valence-corrected chi connectivity index (χ1v) is 8.43. The van der Waals surface area contributed by atoms with E-state index in [1.165, 1.54) is 4.31 Å². The highest BCUT2D eigenvalue weighted by Crippen LogP contribution is 2.24. The molecule has 0 aliphatic carbocycles. The lowest BCUT2D eigenvalue weighted by atomic mass is 10.1. The summed E-state index contributed by atoms with van der Waals surface area (Å²) in [6.07, 6.45) is 2.81. The lowest BCUT2D eigenvalue weighted by Gasteiger charge is -2.39. The van der Waals surface area contributed by atoms with E-state index in [0.717, 1.165) is 19.3 Å². The van der Waals surface area contributed by atoms with Crippen molar-refractivity contribution in [3.63, 3.8) is 0 Å². The van der Waals surface area contributed by atoms with Crippen molar-refractivity contribution in [2.45, 2.75) is 38.3 Å². The maximum absolute atomic E-state index is 12.6. The average molecular weight is 297 g/mol. The number of nitrogens with zero attached hydrogens (tertiary/aromatic N) is 2. The molecule has 0 radical (unpaired) electrons. The van der Waals surface area contributed by atoms with Gasteiger partial charge in [-0.3, -0.25) is 0 Å². The largest absolute Gasteiger partial charge is 0.376 e. The molecule has 0 aromatic heterocycles. The van der Waals surface area contributed by atoms with E-state index in [1.54, 1.807) is 4.31 Å². The highest BCUT2D eigenvalue weighted by atomic mass is 35.5. The molecule has 0 spiro atoms. The highest BCUT2D eigenvalue weighted by molar-refractivity contribution is 7.86. The smallest absolute Gasteiger partial charge is 0.282 e. The van der Waals surface area contributed by atoms with Crippen LogP contribution in [0.1, 0.15) is 26.2 Å². The SMILES string of the molecule is CC1CN(S(=O)(=O)N2CCCCC2CCl)CCO1. The Bertz CT molecular complexity index is 376. The molecule has 0 saturated carbocycles. The fraction of sp³-hybridized carbons (Fsp3) is 1.00. The summed E-state index contributed by atoms with van der Waals surface area (Å²) in [7, 11) is -3.38. The Labute approximate surface area is 114 Å². The van der Waals surface area contributed by atoms with Crippen molar-refractivity contribution in [2.24, 2.45) is 0 Å². The minimum Gasteiger partial charge on any atom is -0.376 e. The van der Waals surface area contributed by atoms with E-state index in [2.05, 4.69) is 0 Å². The number of morpholine rings is 1. The summed E-state index contributed by atoms with van der Waals surface area (Å²) in [6.45, 7) is 3.84. The van der Waals surface area contributed by atoms with Crippen LogP contribution in [0.5, 0.6) is 0 Å². The highest BCUT2D eigenvalue weighted by Gasteiger charge is 2.37. The van der Waals surface area contributed by atoms with E-state index < -0.39 is 10.2 Å². The van der Waals surface area contributed by atoms with Crippen molar-refractivity contribution in [1.29, 1.82) is 0 Å². The van der Waals surface area contributed by atoms with Crippen molar-refractivity contribution >= 4 is 21.8 Å². The fourth-order valence-corrected chi connectivity index (χ4v) is 4.90. The summed E-state index contributed by atoms with van der Waals surface area (Å²) < 4.78 is 33.7. The second-order valence-corrected chi connectivity index (χ2v) is 7.15. The standard InChI is InChI=1S/C11H21ClN2O3S/c1-10-9-13(6-7-17-10)18(15,16)14-5-3-2-4-11(14)8-12/h10-11H,2-9H2,1H3. The Morgan fingerprint density at radius 2 is 2.11 bits per heavy atom. The maximum Gasteiger partial charge on any atom is 0.282 e. The molecule has 2 aliphatic heterocycles. The third-order valence-corrected chi connectivity index (χ3v) is 5.99. The number of ether oxygens (including phenoxy) is 1. The van der Waals surface area contributed by atoms with Crippen LogP contribution >= 0.6 is 11.6 Å². The minimum atomic E-state index is -3.38. The zero-order valence-electron chi connectivity index (χ0n) is 10.7. The van der Waals surface area contributed by atoms with Crippen molar-refractivity contribution in [3.05, 3.63) is 0 Å². The number of hydrogen-bond acceptors (Lipinski definition) is 3. The molecular formula is C11H21ClN2O3S. The number of piperidine rings is 1. The molecule has 5 nitrogen and oxygen atoms in total. The number of alkyl halides is 1. The van der Waals surface area contributed by atoms with Gasteiger partial charge in [0.25, 0.3) is 10.2 Å². The van der Waals surface area contributed by atoms with Crippen LogP contribution in [-0.2, 0) is 14.9 Å². The second-order valence-electron chi connectivity index (χ2n) is 4.96. The van der Waals surface area contributed by atoms with Crippen LogP contribution in [-0.4, -0.2) is 61.3 Å². The molecule has 2 saturated heterocycles. The quantitative estimate of drug-likeness (QED) is 0.731. The number of hydrogen-bond donors (Lipinski definition) is 0. The van der Waals surface area contributed by atoms with Gasteiger partial charge >= 0.3 is 0 Å². The van der Waals surface area contributed by atoms with Crippen LogP contribution in [0.3, 0.4) is 0 Å². The van der Waals surface area contributed by atoms with E-state index in [9.17, 15) is 8.42 Å². The van der Waals surface area contributed by atoms with Crippen LogP contribution in [0.2, 0.25) is 0 Å². The Kier molecular flexibility index (Phi) is 4.88. The predicted molar refractivity (Wildman–Crippen MR) is 71.0 cm³/mol. The monoisotopic (exact) mass is 296 g/mol. The predicted octanol–water partition coefficient (Wildman–Crippen LogP) is 1.05. The Hall–Kier alpha value is 0.120. The molecule has 0 N–H and O–H groups in total. The first-order valence-electron chi connectivity index (χ1n) is 6.50. The molecule has 0 bridgehead atoms. The lowest BCUT2D eigenvalue weighted by Crippen LogP contribution is -2.55. The number of halogens is 1. The first-order chi connectivity index (χ1) is 8.55. The summed E-state index contributed by atoms with van der Waals surface area (Å²) in [5.74, 6) is 0.374. The molecule has 106 valence electrons. The van der Waals surface area contributed by atoms with Crippen LogP contribution in [0.15, 0.2) is 0 Å². The molecule has 18 heavy (non-hydrogen) atoms. The van der Waals surface area contributed by atoms with Crippen LogP contribution < -0.4 is 0 Å². The summed E-state index contributed by atoms with van der Waals surface area (Å²) in [5.41, 5.74) is 0. The van der Waals surface area contributed by atoms with Crippen molar-refractivity contribution < 1.29 is 13.2 Å². The van der Waals surface area contributed by atoms with E-state index in [1.807, 2.05) is 6.92 Å². The molecular weight excluding hydrogens is 276 g/mol. The van der Waals surface area contributed by atoms with Crippen LogP contribution in [0, 0.1) is 0 Å². The van der Waals surface area contributed by atoms with Gasteiger partial charge in [0, 0.05) is 31.6 Å². The lowest BCUT2D eigenvalue weighted by molar-refractivity contribution is 0.00750. The molecule has 2 atom stereocenters. The summed E-state index contributed by atoms with van der Waals surface area (Å²) in [6, 6.07) is -0.0523. The maximum atomic E-state index is 12.6. The van der Waals surface area contributed by atoms with E-state index in [4.69, 9.17) is 16.3 Å². The normalized spacial score (nSPS) is 32.6.